The summed E-state index contributed by atoms with van der Waals surface area (Å²) in [4.78, 5) is 18.5. The second kappa shape index (κ2) is 8.51. The van der Waals surface area contributed by atoms with Crippen molar-refractivity contribution in [3.05, 3.63) is 68.7 Å². The van der Waals surface area contributed by atoms with E-state index in [-0.39, 0.29) is 5.91 Å². The summed E-state index contributed by atoms with van der Waals surface area (Å²) < 4.78 is 7.16. The van der Waals surface area contributed by atoms with E-state index in [2.05, 4.69) is 21.7 Å². The molecular formula is C21H20N2O2S3. The van der Waals surface area contributed by atoms with E-state index in [4.69, 9.17) is 4.42 Å². The molecular weight excluding hydrogens is 408 g/mol. The molecule has 7 heteroatoms. The number of nitrogens with zero attached hydrogens (tertiary/aromatic N) is 1. The number of thiazole rings is 1. The molecule has 0 aliphatic heterocycles. The van der Waals surface area contributed by atoms with Gasteiger partial charge in [-0.3, -0.25) is 4.79 Å². The first-order chi connectivity index (χ1) is 13.6. The zero-order valence-electron chi connectivity index (χ0n) is 15.7. The van der Waals surface area contributed by atoms with Crippen molar-refractivity contribution >= 4 is 51.3 Å². The van der Waals surface area contributed by atoms with Crippen LogP contribution in [0.5, 0.6) is 0 Å². The predicted molar refractivity (Wildman–Crippen MR) is 118 cm³/mol. The van der Waals surface area contributed by atoms with Gasteiger partial charge in [-0.25, -0.2) is 4.98 Å². The van der Waals surface area contributed by atoms with Crippen LogP contribution in [0.4, 0.5) is 0 Å². The average Bonchev–Trinajstić information content (AvgIpc) is 3.39. The Morgan fingerprint density at radius 2 is 2.07 bits per heavy atom. The Bertz CT molecular complexity index is 1100. The van der Waals surface area contributed by atoms with Crippen molar-refractivity contribution in [2.24, 2.45) is 0 Å². The van der Waals surface area contributed by atoms with Crippen molar-refractivity contribution in [3.63, 3.8) is 0 Å². The lowest BCUT2D eigenvalue weighted by atomic mass is 10.1. The van der Waals surface area contributed by atoms with Gasteiger partial charge in [0.05, 0.1) is 14.9 Å². The molecule has 0 fully saturated rings. The number of carbonyl (C=O) groups excluding carboxylic acids is 1. The number of carbonyl (C=O) groups is 1. The number of thiophene rings is 1. The third-order valence-electron chi connectivity index (χ3n) is 4.40. The fourth-order valence-electron chi connectivity index (χ4n) is 3.09. The van der Waals surface area contributed by atoms with Gasteiger partial charge in [0.2, 0.25) is 0 Å². The molecule has 0 aliphatic rings. The molecule has 1 aromatic carbocycles. The lowest BCUT2D eigenvalue weighted by molar-refractivity contribution is 0.0927. The average molecular weight is 429 g/mol. The van der Waals surface area contributed by atoms with Gasteiger partial charge >= 0.3 is 0 Å². The molecule has 0 saturated carbocycles. The van der Waals surface area contributed by atoms with Gasteiger partial charge in [0.15, 0.2) is 5.76 Å². The third-order valence-corrected chi connectivity index (χ3v) is 7.69. The summed E-state index contributed by atoms with van der Waals surface area (Å²) in [6.45, 7) is 4.58. The number of rotatable bonds is 7. The van der Waals surface area contributed by atoms with Gasteiger partial charge in [-0.15, -0.1) is 34.4 Å². The zero-order valence-corrected chi connectivity index (χ0v) is 18.1. The SMILES string of the molecule is Cc1nc(C)c(CCNC(=O)c2oc3ccccc3c2CSc2cccs2)s1. The molecule has 3 heterocycles. The number of fused-ring (bicyclic) bond motifs is 1. The van der Waals surface area contributed by atoms with Crippen LogP contribution in [0, 0.1) is 13.8 Å². The Kier molecular flexibility index (Phi) is 5.85. The van der Waals surface area contributed by atoms with Crippen LogP contribution >= 0.6 is 34.4 Å². The van der Waals surface area contributed by atoms with Gasteiger partial charge in [0.1, 0.15) is 5.58 Å². The first-order valence-corrected chi connectivity index (χ1v) is 11.7. The number of hydrogen-bond acceptors (Lipinski definition) is 6. The van der Waals surface area contributed by atoms with Crippen molar-refractivity contribution in [3.8, 4) is 0 Å². The molecule has 0 atom stereocenters. The Hall–Kier alpha value is -2.09. The predicted octanol–water partition coefficient (Wildman–Crippen LogP) is 5.83. The fraction of sp³-hybridized carbons (Fsp3) is 0.238. The molecule has 0 bridgehead atoms. The number of aryl methyl sites for hydroxylation is 2. The van der Waals surface area contributed by atoms with Gasteiger partial charge in [-0.1, -0.05) is 24.3 Å². The summed E-state index contributed by atoms with van der Waals surface area (Å²) in [6, 6.07) is 12.0. The highest BCUT2D eigenvalue weighted by atomic mass is 32.2. The summed E-state index contributed by atoms with van der Waals surface area (Å²) in [6.07, 6.45) is 0.780. The van der Waals surface area contributed by atoms with E-state index in [9.17, 15) is 4.79 Å². The van der Waals surface area contributed by atoms with Gasteiger partial charge in [0.25, 0.3) is 5.91 Å². The largest absolute Gasteiger partial charge is 0.451 e. The number of amides is 1. The van der Waals surface area contributed by atoms with Crippen LogP contribution in [0.1, 0.15) is 31.7 Å². The summed E-state index contributed by atoms with van der Waals surface area (Å²) in [7, 11) is 0. The molecule has 0 radical (unpaired) electrons. The van der Waals surface area contributed by atoms with E-state index < -0.39 is 0 Å². The highest BCUT2D eigenvalue weighted by Crippen LogP contribution is 2.33. The number of hydrogen-bond donors (Lipinski definition) is 1. The Morgan fingerprint density at radius 1 is 1.21 bits per heavy atom. The van der Waals surface area contributed by atoms with E-state index in [0.29, 0.717) is 18.1 Å². The van der Waals surface area contributed by atoms with Crippen molar-refractivity contribution in [2.75, 3.05) is 6.54 Å². The molecule has 4 nitrogen and oxygen atoms in total. The molecule has 1 amide bonds. The second-order valence-corrected chi connectivity index (χ2v) is 9.89. The maximum absolute atomic E-state index is 12.9. The first kappa shape index (κ1) is 19.2. The lowest BCUT2D eigenvalue weighted by Gasteiger charge is -2.05. The molecule has 0 unspecified atom stereocenters. The highest BCUT2D eigenvalue weighted by Gasteiger charge is 2.20. The number of nitrogens with one attached hydrogen (secondary N) is 1. The van der Waals surface area contributed by atoms with Crippen molar-refractivity contribution in [1.29, 1.82) is 0 Å². The van der Waals surface area contributed by atoms with Gasteiger partial charge < -0.3 is 9.73 Å². The molecule has 0 spiro atoms. The molecule has 0 saturated heterocycles. The quantitative estimate of drug-likeness (QED) is 0.376. The Morgan fingerprint density at radius 3 is 2.82 bits per heavy atom. The maximum Gasteiger partial charge on any atom is 0.287 e. The molecule has 1 N–H and O–H groups in total. The number of benzene rings is 1. The molecule has 4 rings (SSSR count). The summed E-state index contributed by atoms with van der Waals surface area (Å²) >= 11 is 5.12. The number of para-hydroxylation sites is 1. The number of thioether (sulfide) groups is 1. The second-order valence-electron chi connectivity index (χ2n) is 6.37. The Labute approximate surface area is 176 Å². The Balaban J connectivity index is 1.50. The minimum Gasteiger partial charge on any atom is -0.451 e. The summed E-state index contributed by atoms with van der Waals surface area (Å²) in [5.41, 5.74) is 2.76. The highest BCUT2D eigenvalue weighted by molar-refractivity contribution is 8.00. The topological polar surface area (TPSA) is 55.1 Å². The van der Waals surface area contributed by atoms with E-state index >= 15 is 0 Å². The van der Waals surface area contributed by atoms with Crippen molar-refractivity contribution < 1.29 is 9.21 Å². The molecule has 144 valence electrons. The molecule has 28 heavy (non-hydrogen) atoms. The van der Waals surface area contributed by atoms with Crippen LogP contribution in [0.3, 0.4) is 0 Å². The smallest absolute Gasteiger partial charge is 0.287 e. The fourth-order valence-corrected chi connectivity index (χ4v) is 5.84. The van der Waals surface area contributed by atoms with Gasteiger partial charge in [-0.05, 0) is 31.4 Å². The van der Waals surface area contributed by atoms with Crippen LogP contribution < -0.4 is 5.32 Å². The van der Waals surface area contributed by atoms with Crippen LogP contribution in [0.2, 0.25) is 0 Å². The standard InChI is InChI=1S/C21H20N2O2S3/c1-13-18(28-14(2)23-13)9-10-22-21(24)20-16(12-27-19-8-5-11-26-19)15-6-3-4-7-17(15)25-20/h3-8,11H,9-10,12H2,1-2H3,(H,22,24). The monoisotopic (exact) mass is 428 g/mol. The van der Waals surface area contributed by atoms with Gasteiger partial charge in [-0.2, -0.15) is 0 Å². The minimum absolute atomic E-state index is 0.156. The normalized spacial score (nSPS) is 11.2. The lowest BCUT2D eigenvalue weighted by Crippen LogP contribution is -2.26. The van der Waals surface area contributed by atoms with Crippen LogP contribution in [0.15, 0.2) is 50.4 Å². The van der Waals surface area contributed by atoms with Crippen LogP contribution in [0.25, 0.3) is 11.0 Å². The maximum atomic E-state index is 12.9. The molecule has 4 aromatic rings. The van der Waals surface area contributed by atoms with Crippen LogP contribution in [-0.2, 0) is 12.2 Å². The minimum atomic E-state index is -0.156. The third kappa shape index (κ3) is 4.16. The van der Waals surface area contributed by atoms with Crippen molar-refractivity contribution in [1.82, 2.24) is 10.3 Å². The van der Waals surface area contributed by atoms with Crippen molar-refractivity contribution in [2.45, 2.75) is 30.2 Å². The molecule has 0 aliphatic carbocycles. The van der Waals surface area contributed by atoms with E-state index in [0.717, 1.165) is 33.7 Å². The zero-order chi connectivity index (χ0) is 19.5. The molecule has 3 aromatic heterocycles. The number of aromatic nitrogens is 1. The van der Waals surface area contributed by atoms with Gasteiger partial charge in [0, 0.05) is 34.5 Å². The summed E-state index contributed by atoms with van der Waals surface area (Å²) in [5.74, 6) is 0.965. The summed E-state index contributed by atoms with van der Waals surface area (Å²) in [5, 5.41) is 7.14. The van der Waals surface area contributed by atoms with Crippen LogP contribution in [-0.4, -0.2) is 17.4 Å². The van der Waals surface area contributed by atoms with E-state index in [1.54, 1.807) is 34.4 Å². The van der Waals surface area contributed by atoms with E-state index in [1.165, 1.54) is 9.09 Å². The first-order valence-electron chi connectivity index (χ1n) is 8.99. The number of furan rings is 1. The van der Waals surface area contributed by atoms with E-state index in [1.807, 2.05) is 44.2 Å².